The third-order valence-electron chi connectivity index (χ3n) is 5.01. The van der Waals surface area contributed by atoms with Gasteiger partial charge in [0, 0.05) is 30.9 Å². The number of anilines is 1. The summed E-state index contributed by atoms with van der Waals surface area (Å²) < 4.78 is 7.19. The van der Waals surface area contributed by atoms with Crippen molar-refractivity contribution < 1.29 is 14.6 Å². The van der Waals surface area contributed by atoms with Gasteiger partial charge in [0.15, 0.2) is 5.82 Å². The fourth-order valence-corrected chi connectivity index (χ4v) is 4.34. The molecule has 1 aromatic carbocycles. The van der Waals surface area contributed by atoms with Gasteiger partial charge in [-0.3, -0.25) is 0 Å². The van der Waals surface area contributed by atoms with Gasteiger partial charge in [0.2, 0.25) is 5.01 Å². The summed E-state index contributed by atoms with van der Waals surface area (Å²) in [7, 11) is 0. The first-order valence-corrected chi connectivity index (χ1v) is 10.4. The smallest absolute Gasteiger partial charge is 0.365 e. The first kappa shape index (κ1) is 18.7. The summed E-state index contributed by atoms with van der Waals surface area (Å²) >= 11 is 1.08. The van der Waals surface area contributed by atoms with Gasteiger partial charge in [0.1, 0.15) is 10.3 Å². The molecule has 3 aromatic heterocycles. The van der Waals surface area contributed by atoms with Gasteiger partial charge in [0.05, 0.1) is 24.6 Å². The number of carbonyl (C=O) groups is 1. The third kappa shape index (κ3) is 3.42. The number of carboxylic acids is 1. The molecule has 1 N–H and O–H groups in total. The topological polar surface area (TPSA) is 93.4 Å². The van der Waals surface area contributed by atoms with E-state index in [-0.39, 0.29) is 5.01 Å². The number of nitrogens with zero attached hydrogens (tertiary/aromatic N) is 5. The fourth-order valence-electron chi connectivity index (χ4n) is 3.55. The predicted octanol–water partition coefficient (Wildman–Crippen LogP) is 3.39. The molecule has 8 nitrogen and oxygen atoms in total. The van der Waals surface area contributed by atoms with Crippen LogP contribution in [0.15, 0.2) is 42.6 Å². The van der Waals surface area contributed by atoms with Gasteiger partial charge >= 0.3 is 5.97 Å². The molecule has 0 radical (unpaired) electrons. The van der Waals surface area contributed by atoms with E-state index in [2.05, 4.69) is 33.9 Å². The molecular formula is C21H19N5O3S. The highest BCUT2D eigenvalue weighted by molar-refractivity contribution is 7.19. The van der Waals surface area contributed by atoms with Gasteiger partial charge < -0.3 is 14.7 Å². The van der Waals surface area contributed by atoms with E-state index in [1.807, 2.05) is 30.5 Å². The molecule has 1 saturated heterocycles. The molecule has 30 heavy (non-hydrogen) atoms. The minimum atomic E-state index is -1.05. The van der Waals surface area contributed by atoms with Crippen molar-refractivity contribution in [2.45, 2.75) is 6.92 Å². The zero-order valence-electron chi connectivity index (χ0n) is 16.3. The molecule has 152 valence electrons. The number of ether oxygens (including phenoxy) is 1. The van der Waals surface area contributed by atoms with E-state index in [0.29, 0.717) is 42.5 Å². The minimum Gasteiger partial charge on any atom is -0.476 e. The Morgan fingerprint density at radius 3 is 2.77 bits per heavy atom. The van der Waals surface area contributed by atoms with Crippen LogP contribution < -0.4 is 4.90 Å². The highest BCUT2D eigenvalue weighted by Crippen LogP contribution is 2.32. The van der Waals surface area contributed by atoms with Gasteiger partial charge in [-0.15, -0.1) is 0 Å². The Balaban J connectivity index is 1.61. The van der Waals surface area contributed by atoms with E-state index >= 15 is 0 Å². The molecule has 4 aromatic rings. The standard InChI is InChI=1S/C21H19N5O3S/c1-13-3-2-4-14(11-13)15-5-6-26(24-15)17-12-16(25-7-9-29-10-8-25)18-19(22-17)30-20(23-18)21(27)28/h2-6,11-12H,7-10H2,1H3,(H,27,28). The summed E-state index contributed by atoms with van der Waals surface area (Å²) in [6, 6.07) is 12.0. The van der Waals surface area contributed by atoms with Gasteiger partial charge in [-0.1, -0.05) is 35.1 Å². The average molecular weight is 421 g/mol. The quantitative estimate of drug-likeness (QED) is 0.540. The lowest BCUT2D eigenvalue weighted by molar-refractivity contribution is 0.0696. The molecule has 1 fully saturated rings. The predicted molar refractivity (Wildman–Crippen MR) is 115 cm³/mol. The van der Waals surface area contributed by atoms with Crippen LogP contribution in [-0.4, -0.2) is 57.1 Å². The number of aromatic nitrogens is 4. The van der Waals surface area contributed by atoms with Crippen molar-refractivity contribution in [1.29, 1.82) is 0 Å². The van der Waals surface area contributed by atoms with Crippen LogP contribution in [0.1, 0.15) is 15.4 Å². The van der Waals surface area contributed by atoms with Crippen molar-refractivity contribution in [3.8, 4) is 17.1 Å². The van der Waals surface area contributed by atoms with Gasteiger partial charge in [-0.2, -0.15) is 5.10 Å². The average Bonchev–Trinajstić information content (AvgIpc) is 3.41. The molecule has 1 aliphatic heterocycles. The molecule has 0 spiro atoms. The number of thiazole rings is 1. The number of aromatic carboxylic acids is 1. The maximum absolute atomic E-state index is 11.5. The summed E-state index contributed by atoms with van der Waals surface area (Å²) in [6.07, 6.45) is 1.87. The van der Waals surface area contributed by atoms with E-state index in [9.17, 15) is 9.90 Å². The highest BCUT2D eigenvalue weighted by atomic mass is 32.1. The number of aryl methyl sites for hydroxylation is 1. The summed E-state index contributed by atoms with van der Waals surface area (Å²) in [6.45, 7) is 4.72. The van der Waals surface area contributed by atoms with Crippen LogP contribution >= 0.6 is 11.3 Å². The number of morpholine rings is 1. The van der Waals surface area contributed by atoms with E-state index in [4.69, 9.17) is 9.84 Å². The summed E-state index contributed by atoms with van der Waals surface area (Å²) in [4.78, 5) is 23.2. The lowest BCUT2D eigenvalue weighted by atomic mass is 10.1. The molecule has 5 rings (SSSR count). The van der Waals surface area contributed by atoms with E-state index in [1.165, 1.54) is 5.56 Å². The van der Waals surface area contributed by atoms with Crippen LogP contribution in [-0.2, 0) is 4.74 Å². The Labute approximate surface area is 176 Å². The number of hydrogen-bond acceptors (Lipinski definition) is 7. The largest absolute Gasteiger partial charge is 0.476 e. The van der Waals surface area contributed by atoms with Crippen LogP contribution in [0.2, 0.25) is 0 Å². The van der Waals surface area contributed by atoms with Crippen molar-refractivity contribution in [1.82, 2.24) is 19.7 Å². The fraction of sp³-hybridized carbons (Fsp3) is 0.238. The molecule has 9 heteroatoms. The number of hydrogen-bond donors (Lipinski definition) is 1. The van der Waals surface area contributed by atoms with Crippen LogP contribution in [0, 0.1) is 6.92 Å². The van der Waals surface area contributed by atoms with Gasteiger partial charge in [0.25, 0.3) is 0 Å². The maximum atomic E-state index is 11.5. The molecule has 0 atom stereocenters. The summed E-state index contributed by atoms with van der Waals surface area (Å²) in [5.41, 5.74) is 4.52. The Kier molecular flexibility index (Phi) is 4.68. The number of benzene rings is 1. The minimum absolute atomic E-state index is 0.0325. The number of carboxylic acid groups (broad SMARTS) is 1. The van der Waals surface area contributed by atoms with E-state index in [0.717, 1.165) is 28.3 Å². The second kappa shape index (κ2) is 7.51. The lowest BCUT2D eigenvalue weighted by Gasteiger charge is -2.29. The first-order chi connectivity index (χ1) is 14.6. The molecule has 0 saturated carbocycles. The molecule has 0 bridgehead atoms. The van der Waals surface area contributed by atoms with Crippen LogP contribution in [0.5, 0.6) is 0 Å². The van der Waals surface area contributed by atoms with E-state index < -0.39 is 5.97 Å². The van der Waals surface area contributed by atoms with Crippen LogP contribution in [0.25, 0.3) is 27.4 Å². The Bertz CT molecular complexity index is 1240. The monoisotopic (exact) mass is 421 g/mol. The van der Waals surface area contributed by atoms with Crippen molar-refractivity contribution in [3.63, 3.8) is 0 Å². The number of pyridine rings is 1. The van der Waals surface area contributed by atoms with Crippen molar-refractivity contribution in [2.24, 2.45) is 0 Å². The summed E-state index contributed by atoms with van der Waals surface area (Å²) in [5, 5.41) is 14.1. The van der Waals surface area contributed by atoms with E-state index in [1.54, 1.807) is 4.68 Å². The normalized spacial score (nSPS) is 14.4. The zero-order valence-corrected chi connectivity index (χ0v) is 17.1. The summed E-state index contributed by atoms with van der Waals surface area (Å²) in [5.74, 6) is -0.420. The highest BCUT2D eigenvalue weighted by Gasteiger charge is 2.21. The van der Waals surface area contributed by atoms with Crippen molar-refractivity contribution >= 4 is 33.3 Å². The maximum Gasteiger partial charge on any atom is 0.365 e. The first-order valence-electron chi connectivity index (χ1n) is 9.59. The van der Waals surface area contributed by atoms with Crippen LogP contribution in [0.3, 0.4) is 0 Å². The Hall–Kier alpha value is -3.30. The second-order valence-electron chi connectivity index (χ2n) is 7.09. The SMILES string of the molecule is Cc1cccc(-c2ccn(-c3cc(N4CCOCC4)c4nc(C(=O)O)sc4n3)n2)c1. The van der Waals surface area contributed by atoms with Crippen molar-refractivity contribution in [2.75, 3.05) is 31.2 Å². The molecule has 0 aliphatic carbocycles. The van der Waals surface area contributed by atoms with Gasteiger partial charge in [-0.25, -0.2) is 19.4 Å². The number of fused-ring (bicyclic) bond motifs is 1. The zero-order chi connectivity index (χ0) is 20.7. The second-order valence-corrected chi connectivity index (χ2v) is 8.07. The number of rotatable bonds is 4. The van der Waals surface area contributed by atoms with Gasteiger partial charge in [-0.05, 0) is 19.1 Å². The molecule has 4 heterocycles. The molecule has 0 unspecified atom stereocenters. The van der Waals surface area contributed by atoms with Crippen LogP contribution in [0.4, 0.5) is 5.69 Å². The molecule has 0 amide bonds. The third-order valence-corrected chi connectivity index (χ3v) is 5.94. The van der Waals surface area contributed by atoms with Crippen molar-refractivity contribution in [3.05, 3.63) is 53.2 Å². The lowest BCUT2D eigenvalue weighted by Crippen LogP contribution is -2.36. The Morgan fingerprint density at radius 2 is 2.00 bits per heavy atom. The Morgan fingerprint density at radius 1 is 1.17 bits per heavy atom. The molecule has 1 aliphatic rings. The molecular weight excluding hydrogens is 402 g/mol.